The molecule has 0 spiro atoms. The van der Waals surface area contributed by atoms with Crippen molar-refractivity contribution in [3.05, 3.63) is 68.3 Å². The fourth-order valence-electron chi connectivity index (χ4n) is 2.35. The molecule has 0 heterocycles. The number of carboxylic acid groups (broad SMARTS) is 3. The zero-order chi connectivity index (χ0) is 35.1. The van der Waals surface area contributed by atoms with Gasteiger partial charge < -0.3 is 44.8 Å². The van der Waals surface area contributed by atoms with Crippen molar-refractivity contribution in [3.8, 4) is 17.2 Å². The van der Waals surface area contributed by atoms with Gasteiger partial charge in [-0.05, 0) is 38.3 Å². The summed E-state index contributed by atoms with van der Waals surface area (Å²) in [5, 5.41) is 48.8. The van der Waals surface area contributed by atoms with Crippen LogP contribution in [0.5, 0.6) is 17.2 Å². The Morgan fingerprint density at radius 1 is 0.705 bits per heavy atom. The Balaban J connectivity index is -0.000000274. The maximum atomic E-state index is 11.4. The maximum Gasteiger partial charge on any atom is 0.335 e. The average molecular weight is 629 g/mol. The van der Waals surface area contributed by atoms with Crippen molar-refractivity contribution in [3.63, 3.8) is 0 Å². The van der Waals surface area contributed by atoms with Crippen LogP contribution < -0.4 is 14.2 Å². The highest BCUT2D eigenvalue weighted by molar-refractivity contribution is 5.84. The van der Waals surface area contributed by atoms with Crippen LogP contribution in [-0.2, 0) is 25.6 Å². The number of aliphatic carboxylic acids is 3. The zero-order valence-corrected chi connectivity index (χ0v) is 26.0. The molecule has 0 unspecified atom stereocenters. The summed E-state index contributed by atoms with van der Waals surface area (Å²) in [5.74, 6) is -1.96. The van der Waals surface area contributed by atoms with Crippen LogP contribution in [-0.4, -0.2) is 87.6 Å². The van der Waals surface area contributed by atoms with Crippen molar-refractivity contribution >= 4 is 23.9 Å². The second-order valence-corrected chi connectivity index (χ2v) is 8.08. The van der Waals surface area contributed by atoms with Crippen molar-refractivity contribution in [2.45, 2.75) is 47.0 Å². The normalized spacial score (nSPS) is 9.16. The molecule has 0 fully saturated rings. The van der Waals surface area contributed by atoms with Crippen molar-refractivity contribution in [1.82, 2.24) is 0 Å². The van der Waals surface area contributed by atoms with E-state index in [1.807, 2.05) is 26.8 Å². The summed E-state index contributed by atoms with van der Waals surface area (Å²) in [6.07, 6.45) is 6.09. The molecule has 0 saturated heterocycles. The number of benzene rings is 1. The number of hydrogen-bond donors (Lipinski definition) is 6. The minimum absolute atomic E-state index is 0.156. The molecule has 0 aromatic heterocycles. The summed E-state index contributed by atoms with van der Waals surface area (Å²) in [4.78, 5) is 39.1. The number of ether oxygens (including phenoxy) is 3. The number of aliphatic hydroxyl groups is 3. The topological polar surface area (TPSA) is 217 Å². The molecule has 6 N–H and O–H groups in total. The van der Waals surface area contributed by atoms with E-state index in [1.54, 1.807) is 6.07 Å². The summed E-state index contributed by atoms with van der Waals surface area (Å²) in [7, 11) is 0. The van der Waals surface area contributed by atoms with Crippen molar-refractivity contribution in [2.24, 2.45) is 5.41 Å². The molecular weight excluding hydrogens is 580 g/mol. The van der Waals surface area contributed by atoms with Gasteiger partial charge in [-0.3, -0.25) is 0 Å². The fraction of sp³-hybridized carbons (Fsp3) is 0.419. The quantitative estimate of drug-likeness (QED) is 0.0929. The van der Waals surface area contributed by atoms with E-state index in [2.05, 4.69) is 33.2 Å². The summed E-state index contributed by atoms with van der Waals surface area (Å²) in [6.45, 7) is 20.5. The Morgan fingerprint density at radius 3 is 1.34 bits per heavy atom. The molecule has 0 bridgehead atoms. The molecule has 0 aliphatic rings. The van der Waals surface area contributed by atoms with Crippen molar-refractivity contribution in [1.29, 1.82) is 0 Å². The maximum absolute atomic E-state index is 11.4. The van der Waals surface area contributed by atoms with E-state index < -0.39 is 29.3 Å². The highest BCUT2D eigenvalue weighted by atomic mass is 16.6. The van der Waals surface area contributed by atoms with E-state index in [4.69, 9.17) is 44.8 Å². The van der Waals surface area contributed by atoms with Gasteiger partial charge in [0.05, 0.1) is 33.0 Å². The van der Waals surface area contributed by atoms with Gasteiger partial charge in [-0.15, -0.1) is 0 Å². The number of carbonyl (C=O) groups excluding carboxylic acids is 1. The molecule has 0 aliphatic carbocycles. The molecule has 0 aliphatic heterocycles. The van der Waals surface area contributed by atoms with Gasteiger partial charge in [0, 0.05) is 29.7 Å². The first-order valence-electron chi connectivity index (χ1n) is 13.4. The van der Waals surface area contributed by atoms with Crippen molar-refractivity contribution in [2.75, 3.05) is 33.0 Å². The lowest BCUT2D eigenvalue weighted by molar-refractivity contribution is -0.132. The summed E-state index contributed by atoms with van der Waals surface area (Å²) < 4.78 is 16.5. The lowest BCUT2D eigenvalue weighted by atomic mass is 9.88. The Kier molecular flexibility index (Phi) is 31.7. The van der Waals surface area contributed by atoms with E-state index in [9.17, 15) is 19.2 Å². The van der Waals surface area contributed by atoms with Crippen LogP contribution in [0, 0.1) is 5.41 Å². The van der Waals surface area contributed by atoms with Gasteiger partial charge in [-0.2, -0.15) is 0 Å². The lowest BCUT2D eigenvalue weighted by Gasteiger charge is -2.24. The Bertz CT molecular complexity index is 952. The van der Waals surface area contributed by atoms with E-state index in [0.717, 1.165) is 42.7 Å². The SMILES string of the molecule is C=CC(=O)O.C=CC(=O)O.C=CC(=O)O.C=CC(=O)Oc1ccc(CCC)c(OCC)c1OCC.CCC(CO)(CO)CO. The molecule has 13 heteroatoms. The third-order valence-corrected chi connectivity index (χ3v) is 4.91. The second kappa shape index (κ2) is 30.0. The van der Waals surface area contributed by atoms with Crippen LogP contribution in [0.4, 0.5) is 0 Å². The van der Waals surface area contributed by atoms with Gasteiger partial charge in [0.2, 0.25) is 5.75 Å². The Labute approximate surface area is 259 Å². The first kappa shape index (κ1) is 46.5. The average Bonchev–Trinajstić information content (AvgIpc) is 3.02. The first-order valence-corrected chi connectivity index (χ1v) is 13.4. The molecule has 0 amide bonds. The van der Waals surface area contributed by atoms with Gasteiger partial charge in [-0.1, -0.05) is 52.7 Å². The predicted molar refractivity (Wildman–Crippen MR) is 166 cm³/mol. The van der Waals surface area contributed by atoms with E-state index >= 15 is 0 Å². The third-order valence-electron chi connectivity index (χ3n) is 4.91. The molecule has 250 valence electrons. The van der Waals surface area contributed by atoms with E-state index in [-0.39, 0.29) is 19.8 Å². The monoisotopic (exact) mass is 628 g/mol. The summed E-state index contributed by atoms with van der Waals surface area (Å²) >= 11 is 0. The molecule has 0 saturated carbocycles. The molecule has 1 aromatic rings. The standard InChI is InChI=1S/C16H22O4.C6H14O3.3C3H4O2/c1-5-9-12-10-11-13(20-14(17)6-2)16(19-8-4)15(12)18-7-3;1-2-6(3-7,4-8)5-9;3*1-2-3(4)5/h6,10-11H,2,5,7-9H2,1,3-4H3;7-9H,2-5H2,1H3;3*2H,1H2,(H,4,5). The van der Waals surface area contributed by atoms with Crippen LogP contribution in [0.15, 0.2) is 62.8 Å². The van der Waals surface area contributed by atoms with Crippen molar-refractivity contribution < 1.29 is 64.0 Å². The van der Waals surface area contributed by atoms with E-state index in [1.165, 1.54) is 0 Å². The Hall–Kier alpha value is -4.46. The first-order chi connectivity index (χ1) is 20.7. The highest BCUT2D eigenvalue weighted by Gasteiger charge is 2.25. The number of aryl methyl sites for hydroxylation is 1. The molecule has 0 radical (unpaired) electrons. The van der Waals surface area contributed by atoms with Crippen LogP contribution in [0.3, 0.4) is 0 Å². The summed E-state index contributed by atoms with van der Waals surface area (Å²) in [6, 6.07) is 3.64. The molecule has 1 rings (SSSR count). The zero-order valence-electron chi connectivity index (χ0n) is 26.0. The smallest absolute Gasteiger partial charge is 0.335 e. The number of rotatable bonds is 15. The molecule has 44 heavy (non-hydrogen) atoms. The minimum Gasteiger partial charge on any atom is -0.490 e. The van der Waals surface area contributed by atoms with Gasteiger partial charge in [0.15, 0.2) is 11.5 Å². The molecule has 13 nitrogen and oxygen atoms in total. The van der Waals surface area contributed by atoms with Crippen LogP contribution >= 0.6 is 0 Å². The van der Waals surface area contributed by atoms with E-state index in [0.29, 0.717) is 36.9 Å². The van der Waals surface area contributed by atoms with Crippen LogP contribution in [0.25, 0.3) is 0 Å². The number of aliphatic hydroxyl groups excluding tert-OH is 3. The largest absolute Gasteiger partial charge is 0.490 e. The highest BCUT2D eigenvalue weighted by Crippen LogP contribution is 2.41. The molecule has 0 atom stereocenters. The number of esters is 1. The van der Waals surface area contributed by atoms with Crippen LogP contribution in [0.2, 0.25) is 0 Å². The second-order valence-electron chi connectivity index (χ2n) is 8.08. The minimum atomic E-state index is -0.981. The predicted octanol–water partition coefficient (Wildman–Crippen LogP) is 3.66. The van der Waals surface area contributed by atoms with Gasteiger partial charge >= 0.3 is 23.9 Å². The molecular formula is C31H48O13. The Morgan fingerprint density at radius 2 is 1.09 bits per heavy atom. The third kappa shape index (κ3) is 24.2. The van der Waals surface area contributed by atoms with Gasteiger partial charge in [0.1, 0.15) is 0 Å². The van der Waals surface area contributed by atoms with Gasteiger partial charge in [-0.25, -0.2) is 19.2 Å². The number of hydrogen-bond acceptors (Lipinski definition) is 10. The fourth-order valence-corrected chi connectivity index (χ4v) is 2.35. The van der Waals surface area contributed by atoms with Crippen LogP contribution in [0.1, 0.15) is 46.1 Å². The lowest BCUT2D eigenvalue weighted by Crippen LogP contribution is -2.32. The van der Waals surface area contributed by atoms with Gasteiger partial charge in [0.25, 0.3) is 0 Å². The molecule has 1 aromatic carbocycles. The number of carbonyl (C=O) groups is 4. The summed E-state index contributed by atoms with van der Waals surface area (Å²) in [5.41, 5.74) is 0.385. The number of carboxylic acids is 3.